The van der Waals surface area contributed by atoms with E-state index in [9.17, 15) is 4.79 Å². The Morgan fingerprint density at radius 3 is 2.75 bits per heavy atom. The second-order valence-electron chi connectivity index (χ2n) is 5.23. The van der Waals surface area contributed by atoms with Gasteiger partial charge in [0.05, 0.1) is 0 Å². The smallest absolute Gasteiger partial charge is 0.220 e. The molecule has 110 valence electrons. The first-order valence-electron chi connectivity index (χ1n) is 7.06. The molecular formula is C15H20Cl2N2O. The van der Waals surface area contributed by atoms with Crippen molar-refractivity contribution in [2.45, 2.75) is 25.7 Å². The van der Waals surface area contributed by atoms with E-state index >= 15 is 0 Å². The molecule has 3 nitrogen and oxygen atoms in total. The molecule has 0 aromatic heterocycles. The Kier molecular flexibility index (Phi) is 6.14. The standard InChI is InChI=1S/C15H20Cl2N2O/c16-13-2-1-12(14(17)10-13)5-8-19-15(20)9-11-3-6-18-7-4-11/h1-2,10-11,18H,3-9H2,(H,19,20). The number of halogens is 2. The van der Waals surface area contributed by atoms with Crippen molar-refractivity contribution in [2.75, 3.05) is 19.6 Å². The zero-order chi connectivity index (χ0) is 14.4. The van der Waals surface area contributed by atoms with Crippen molar-refractivity contribution < 1.29 is 4.79 Å². The summed E-state index contributed by atoms with van der Waals surface area (Å²) in [5.41, 5.74) is 1.01. The van der Waals surface area contributed by atoms with Gasteiger partial charge < -0.3 is 10.6 Å². The molecule has 20 heavy (non-hydrogen) atoms. The van der Waals surface area contributed by atoms with Crippen LogP contribution in [0, 0.1) is 5.92 Å². The van der Waals surface area contributed by atoms with Crippen LogP contribution in [0.25, 0.3) is 0 Å². The van der Waals surface area contributed by atoms with E-state index in [0.29, 0.717) is 28.9 Å². The molecule has 0 radical (unpaired) electrons. The molecule has 0 spiro atoms. The van der Waals surface area contributed by atoms with Gasteiger partial charge in [0, 0.05) is 23.0 Å². The van der Waals surface area contributed by atoms with E-state index in [2.05, 4.69) is 10.6 Å². The lowest BCUT2D eigenvalue weighted by Crippen LogP contribution is -2.33. The fourth-order valence-electron chi connectivity index (χ4n) is 2.48. The number of benzene rings is 1. The summed E-state index contributed by atoms with van der Waals surface area (Å²) in [4.78, 5) is 11.9. The number of amides is 1. The van der Waals surface area contributed by atoms with E-state index in [1.165, 1.54) is 0 Å². The van der Waals surface area contributed by atoms with Gasteiger partial charge in [0.25, 0.3) is 0 Å². The lowest BCUT2D eigenvalue weighted by Gasteiger charge is -2.21. The van der Waals surface area contributed by atoms with Crippen LogP contribution < -0.4 is 10.6 Å². The molecule has 1 amide bonds. The maximum atomic E-state index is 11.9. The van der Waals surface area contributed by atoms with Gasteiger partial charge in [-0.25, -0.2) is 0 Å². The Hall–Kier alpha value is -0.770. The molecule has 1 aromatic carbocycles. The highest BCUT2D eigenvalue weighted by molar-refractivity contribution is 6.35. The molecule has 1 heterocycles. The molecule has 0 atom stereocenters. The normalized spacial score (nSPS) is 16.1. The highest BCUT2D eigenvalue weighted by Crippen LogP contribution is 2.21. The third-order valence-electron chi connectivity index (χ3n) is 3.66. The quantitative estimate of drug-likeness (QED) is 0.877. The van der Waals surface area contributed by atoms with Gasteiger partial charge in [-0.1, -0.05) is 29.3 Å². The summed E-state index contributed by atoms with van der Waals surface area (Å²) in [5, 5.41) is 7.57. The van der Waals surface area contributed by atoms with E-state index < -0.39 is 0 Å². The van der Waals surface area contributed by atoms with E-state index in [1.807, 2.05) is 12.1 Å². The van der Waals surface area contributed by atoms with Gasteiger partial charge in [0.1, 0.15) is 0 Å². The summed E-state index contributed by atoms with van der Waals surface area (Å²) >= 11 is 11.9. The van der Waals surface area contributed by atoms with E-state index in [0.717, 1.165) is 37.9 Å². The molecule has 0 bridgehead atoms. The van der Waals surface area contributed by atoms with Gasteiger partial charge in [-0.2, -0.15) is 0 Å². The first-order chi connectivity index (χ1) is 9.65. The van der Waals surface area contributed by atoms with Gasteiger partial charge in [0.2, 0.25) is 5.91 Å². The first-order valence-corrected chi connectivity index (χ1v) is 7.82. The van der Waals surface area contributed by atoms with Crippen LogP contribution in [0.2, 0.25) is 10.0 Å². The average molecular weight is 315 g/mol. The van der Waals surface area contributed by atoms with Crippen molar-refractivity contribution in [3.63, 3.8) is 0 Å². The molecule has 5 heteroatoms. The number of nitrogens with one attached hydrogen (secondary N) is 2. The zero-order valence-corrected chi connectivity index (χ0v) is 12.9. The average Bonchev–Trinajstić information content (AvgIpc) is 2.42. The number of hydrogen-bond acceptors (Lipinski definition) is 2. The van der Waals surface area contributed by atoms with Crippen molar-refractivity contribution >= 4 is 29.1 Å². The Morgan fingerprint density at radius 2 is 2.05 bits per heavy atom. The van der Waals surface area contributed by atoms with Gasteiger partial charge in [-0.05, 0) is 56.0 Å². The zero-order valence-electron chi connectivity index (χ0n) is 11.4. The van der Waals surface area contributed by atoms with Crippen LogP contribution >= 0.6 is 23.2 Å². The van der Waals surface area contributed by atoms with E-state index in [4.69, 9.17) is 23.2 Å². The maximum Gasteiger partial charge on any atom is 0.220 e. The molecule has 1 fully saturated rings. The first kappa shape index (κ1) is 15.6. The fourth-order valence-corrected chi connectivity index (χ4v) is 2.98. The summed E-state index contributed by atoms with van der Waals surface area (Å²) in [6.07, 6.45) is 3.55. The monoisotopic (exact) mass is 314 g/mol. The number of hydrogen-bond donors (Lipinski definition) is 2. The number of carbonyl (C=O) groups excluding carboxylic acids is 1. The summed E-state index contributed by atoms with van der Waals surface area (Å²) < 4.78 is 0. The number of carbonyl (C=O) groups is 1. The van der Waals surface area contributed by atoms with Crippen LogP contribution in [0.1, 0.15) is 24.8 Å². The summed E-state index contributed by atoms with van der Waals surface area (Å²) in [6.45, 7) is 2.67. The third-order valence-corrected chi connectivity index (χ3v) is 4.25. The molecular weight excluding hydrogens is 295 g/mol. The van der Waals surface area contributed by atoms with Crippen molar-refractivity contribution in [2.24, 2.45) is 5.92 Å². The molecule has 1 aliphatic rings. The second kappa shape index (κ2) is 7.87. The maximum absolute atomic E-state index is 11.9. The van der Waals surface area contributed by atoms with Crippen molar-refractivity contribution in [3.05, 3.63) is 33.8 Å². The predicted molar refractivity (Wildman–Crippen MR) is 83.4 cm³/mol. The highest BCUT2D eigenvalue weighted by atomic mass is 35.5. The van der Waals surface area contributed by atoms with Crippen LogP contribution in [0.4, 0.5) is 0 Å². The van der Waals surface area contributed by atoms with Gasteiger partial charge in [-0.3, -0.25) is 4.79 Å². The van der Waals surface area contributed by atoms with E-state index in [1.54, 1.807) is 6.07 Å². The molecule has 2 N–H and O–H groups in total. The number of piperidine rings is 1. The van der Waals surface area contributed by atoms with Gasteiger partial charge in [0.15, 0.2) is 0 Å². The molecule has 2 rings (SSSR count). The molecule has 0 unspecified atom stereocenters. The molecule has 0 aliphatic carbocycles. The minimum atomic E-state index is 0.141. The predicted octanol–water partition coefficient (Wildman–Crippen LogP) is 3.04. The lowest BCUT2D eigenvalue weighted by molar-refractivity contribution is -0.122. The lowest BCUT2D eigenvalue weighted by atomic mass is 9.94. The summed E-state index contributed by atoms with van der Waals surface area (Å²) in [5.74, 6) is 0.664. The van der Waals surface area contributed by atoms with Crippen molar-refractivity contribution in [3.8, 4) is 0 Å². The summed E-state index contributed by atoms with van der Waals surface area (Å²) in [7, 11) is 0. The fraction of sp³-hybridized carbons (Fsp3) is 0.533. The Labute approximate surface area is 130 Å². The van der Waals surface area contributed by atoms with Gasteiger partial charge in [-0.15, -0.1) is 0 Å². The van der Waals surface area contributed by atoms with Crippen LogP contribution in [0.15, 0.2) is 18.2 Å². The van der Waals surface area contributed by atoms with Crippen LogP contribution in [0.5, 0.6) is 0 Å². The Balaban J connectivity index is 1.70. The topological polar surface area (TPSA) is 41.1 Å². The third kappa shape index (κ3) is 4.97. The van der Waals surface area contributed by atoms with Crippen LogP contribution in [0.3, 0.4) is 0 Å². The molecule has 1 aliphatic heterocycles. The molecule has 1 saturated heterocycles. The Morgan fingerprint density at radius 1 is 1.30 bits per heavy atom. The van der Waals surface area contributed by atoms with Crippen LogP contribution in [-0.2, 0) is 11.2 Å². The van der Waals surface area contributed by atoms with Crippen molar-refractivity contribution in [1.82, 2.24) is 10.6 Å². The molecule has 1 aromatic rings. The highest BCUT2D eigenvalue weighted by Gasteiger charge is 2.16. The van der Waals surface area contributed by atoms with Crippen LogP contribution in [-0.4, -0.2) is 25.5 Å². The SMILES string of the molecule is O=C(CC1CCNCC1)NCCc1ccc(Cl)cc1Cl. The molecule has 0 saturated carbocycles. The Bertz CT molecular complexity index is 459. The second-order valence-corrected chi connectivity index (χ2v) is 6.08. The van der Waals surface area contributed by atoms with Gasteiger partial charge >= 0.3 is 0 Å². The largest absolute Gasteiger partial charge is 0.356 e. The summed E-state index contributed by atoms with van der Waals surface area (Å²) in [6, 6.07) is 5.46. The number of rotatable bonds is 5. The minimum Gasteiger partial charge on any atom is -0.356 e. The van der Waals surface area contributed by atoms with Crippen molar-refractivity contribution in [1.29, 1.82) is 0 Å². The minimum absolute atomic E-state index is 0.141. The van der Waals surface area contributed by atoms with E-state index in [-0.39, 0.29) is 5.91 Å².